The topological polar surface area (TPSA) is 94.7 Å². The van der Waals surface area contributed by atoms with Crippen molar-refractivity contribution < 1.29 is 23.8 Å². The smallest absolute Gasteiger partial charge is 0.336 e. The molecule has 0 aliphatic carbocycles. The van der Waals surface area contributed by atoms with Gasteiger partial charge in [0.1, 0.15) is 6.26 Å². The van der Waals surface area contributed by atoms with Gasteiger partial charge in [-0.2, -0.15) is 0 Å². The molecule has 0 fully saturated rings. The summed E-state index contributed by atoms with van der Waals surface area (Å²) in [5.74, 6) is 0.0591. The van der Waals surface area contributed by atoms with Crippen LogP contribution in [0.3, 0.4) is 0 Å². The summed E-state index contributed by atoms with van der Waals surface area (Å²) < 4.78 is 16.7. The normalized spacial score (nSPS) is 13.0. The van der Waals surface area contributed by atoms with Crippen LogP contribution in [0.1, 0.15) is 30.7 Å². The second-order valence-electron chi connectivity index (χ2n) is 7.26. The van der Waals surface area contributed by atoms with Crippen molar-refractivity contribution in [1.82, 2.24) is 9.97 Å². The predicted molar refractivity (Wildman–Crippen MR) is 111 cm³/mol. The number of nitrogens with zero attached hydrogens (tertiary/aromatic N) is 2. The van der Waals surface area contributed by atoms with Gasteiger partial charge in [-0.05, 0) is 38.5 Å². The van der Waals surface area contributed by atoms with E-state index in [4.69, 9.17) is 13.9 Å². The summed E-state index contributed by atoms with van der Waals surface area (Å²) >= 11 is 0. The third-order valence-electron chi connectivity index (χ3n) is 4.68. The first-order valence-electron chi connectivity index (χ1n) is 9.86. The lowest BCUT2D eigenvalue weighted by molar-refractivity contribution is -0.162. The van der Waals surface area contributed by atoms with Crippen LogP contribution in [0.2, 0.25) is 0 Å². The molecule has 3 aromatic rings. The van der Waals surface area contributed by atoms with E-state index in [1.807, 2.05) is 31.2 Å². The molecule has 0 saturated heterocycles. The maximum atomic E-state index is 11.5. The minimum atomic E-state index is -1.28. The molecule has 30 heavy (non-hydrogen) atoms. The van der Waals surface area contributed by atoms with E-state index in [9.17, 15) is 9.90 Å². The second kappa shape index (κ2) is 9.54. The van der Waals surface area contributed by atoms with Crippen LogP contribution in [0.25, 0.3) is 11.5 Å². The Labute approximate surface area is 175 Å². The molecule has 1 N–H and O–H groups in total. The standard InChI is InChI=1S/C23H26N2O5/c1-4-30-23(3,22(26)27)13-17-8-9-20(24-14-17)28-11-10-19-15-29-21(25-19)18-7-5-6-16(2)12-18/h5-9,12,14-15H,4,10-11,13H2,1-3H3,(H,26,27). The Kier molecular flexibility index (Phi) is 6.84. The Bertz CT molecular complexity index is 983. The quantitative estimate of drug-likeness (QED) is 0.538. The van der Waals surface area contributed by atoms with Crippen LogP contribution in [-0.2, 0) is 22.4 Å². The highest BCUT2D eigenvalue weighted by Crippen LogP contribution is 2.21. The number of carboxylic acid groups (broad SMARTS) is 1. The summed E-state index contributed by atoms with van der Waals surface area (Å²) in [5, 5.41) is 9.41. The van der Waals surface area contributed by atoms with Crippen molar-refractivity contribution in [3.05, 3.63) is 65.7 Å². The molecule has 158 valence electrons. The molecule has 0 amide bonds. The van der Waals surface area contributed by atoms with Crippen LogP contribution in [0.4, 0.5) is 0 Å². The molecule has 3 rings (SSSR count). The summed E-state index contributed by atoms with van der Waals surface area (Å²) in [6.07, 6.45) is 4.06. The highest BCUT2D eigenvalue weighted by Gasteiger charge is 2.34. The second-order valence-corrected chi connectivity index (χ2v) is 7.26. The van der Waals surface area contributed by atoms with Crippen molar-refractivity contribution in [2.75, 3.05) is 13.2 Å². The van der Waals surface area contributed by atoms with Crippen LogP contribution in [-0.4, -0.2) is 39.9 Å². The number of benzene rings is 1. The summed E-state index contributed by atoms with van der Waals surface area (Å²) in [7, 11) is 0. The number of hydrogen-bond acceptors (Lipinski definition) is 6. The number of hydrogen-bond donors (Lipinski definition) is 1. The zero-order chi connectivity index (χ0) is 21.6. The molecule has 0 radical (unpaired) electrons. The fraction of sp³-hybridized carbons (Fsp3) is 0.348. The van der Waals surface area contributed by atoms with Crippen LogP contribution in [0, 0.1) is 6.92 Å². The largest absolute Gasteiger partial charge is 0.479 e. The van der Waals surface area contributed by atoms with Gasteiger partial charge in [0, 0.05) is 37.3 Å². The third kappa shape index (κ3) is 5.45. The molecule has 0 bridgehead atoms. The van der Waals surface area contributed by atoms with Gasteiger partial charge in [-0.1, -0.05) is 23.8 Å². The fourth-order valence-electron chi connectivity index (χ4n) is 3.09. The molecule has 0 aliphatic heterocycles. The number of ether oxygens (including phenoxy) is 2. The van der Waals surface area contributed by atoms with Crippen molar-refractivity contribution in [2.24, 2.45) is 0 Å². The van der Waals surface area contributed by atoms with Crippen molar-refractivity contribution in [2.45, 2.75) is 39.2 Å². The minimum absolute atomic E-state index is 0.226. The Hall–Kier alpha value is -3.19. The molecule has 2 heterocycles. The van der Waals surface area contributed by atoms with E-state index < -0.39 is 11.6 Å². The Morgan fingerprint density at radius 1 is 1.27 bits per heavy atom. The summed E-state index contributed by atoms with van der Waals surface area (Å²) in [5.41, 5.74) is 2.38. The number of carbonyl (C=O) groups is 1. The van der Waals surface area contributed by atoms with Gasteiger partial charge < -0.3 is 19.0 Å². The molecule has 7 heteroatoms. The van der Waals surface area contributed by atoms with E-state index in [0.29, 0.717) is 31.4 Å². The zero-order valence-electron chi connectivity index (χ0n) is 17.4. The average molecular weight is 410 g/mol. The summed E-state index contributed by atoms with van der Waals surface area (Å²) in [4.78, 5) is 20.2. The van der Waals surface area contributed by atoms with Gasteiger partial charge in [-0.25, -0.2) is 14.8 Å². The number of aromatic nitrogens is 2. The Balaban J connectivity index is 1.53. The molecule has 1 unspecified atom stereocenters. The van der Waals surface area contributed by atoms with Gasteiger partial charge in [-0.3, -0.25) is 0 Å². The van der Waals surface area contributed by atoms with E-state index in [1.54, 1.807) is 38.4 Å². The predicted octanol–water partition coefficient (Wildman–Crippen LogP) is 4.09. The summed E-state index contributed by atoms with van der Waals surface area (Å²) in [6.45, 7) is 6.09. The molecular weight excluding hydrogens is 384 g/mol. The van der Waals surface area contributed by atoms with E-state index in [0.717, 1.165) is 22.4 Å². The molecule has 0 saturated carbocycles. The maximum absolute atomic E-state index is 11.5. The van der Waals surface area contributed by atoms with Gasteiger partial charge in [0.05, 0.1) is 12.3 Å². The number of aliphatic carboxylic acids is 1. The summed E-state index contributed by atoms with van der Waals surface area (Å²) in [6, 6.07) is 11.5. The first kappa shape index (κ1) is 21.5. The molecular formula is C23H26N2O5. The van der Waals surface area contributed by atoms with Gasteiger partial charge in [-0.15, -0.1) is 0 Å². The fourth-order valence-corrected chi connectivity index (χ4v) is 3.09. The van der Waals surface area contributed by atoms with Gasteiger partial charge in [0.15, 0.2) is 5.60 Å². The lowest BCUT2D eigenvalue weighted by Gasteiger charge is -2.24. The van der Waals surface area contributed by atoms with Gasteiger partial charge >= 0.3 is 5.97 Å². The minimum Gasteiger partial charge on any atom is -0.479 e. The van der Waals surface area contributed by atoms with Crippen LogP contribution >= 0.6 is 0 Å². The van der Waals surface area contributed by atoms with E-state index in [2.05, 4.69) is 9.97 Å². The molecule has 7 nitrogen and oxygen atoms in total. The first-order valence-corrected chi connectivity index (χ1v) is 9.86. The monoisotopic (exact) mass is 410 g/mol. The van der Waals surface area contributed by atoms with E-state index in [-0.39, 0.29) is 6.42 Å². The molecule has 1 aromatic carbocycles. The average Bonchev–Trinajstić information content (AvgIpc) is 3.18. The third-order valence-corrected chi connectivity index (χ3v) is 4.68. The number of oxazole rings is 1. The number of carboxylic acids is 1. The molecule has 0 spiro atoms. The molecule has 1 atom stereocenters. The van der Waals surface area contributed by atoms with Crippen LogP contribution in [0.15, 0.2) is 53.3 Å². The van der Waals surface area contributed by atoms with Crippen molar-refractivity contribution in [3.63, 3.8) is 0 Å². The van der Waals surface area contributed by atoms with Crippen LogP contribution < -0.4 is 4.74 Å². The lowest BCUT2D eigenvalue weighted by Crippen LogP contribution is -2.40. The van der Waals surface area contributed by atoms with Gasteiger partial charge in [0.25, 0.3) is 0 Å². The van der Waals surface area contributed by atoms with Crippen molar-refractivity contribution >= 4 is 5.97 Å². The SMILES string of the molecule is CCOC(C)(Cc1ccc(OCCc2coc(-c3cccc(C)c3)n2)nc1)C(=O)O. The first-order chi connectivity index (χ1) is 14.4. The molecule has 0 aliphatic rings. The maximum Gasteiger partial charge on any atom is 0.336 e. The Morgan fingerprint density at radius 2 is 2.10 bits per heavy atom. The van der Waals surface area contributed by atoms with Crippen molar-refractivity contribution in [3.8, 4) is 17.3 Å². The number of pyridine rings is 1. The number of rotatable bonds is 10. The van der Waals surface area contributed by atoms with Crippen LogP contribution in [0.5, 0.6) is 5.88 Å². The van der Waals surface area contributed by atoms with E-state index in [1.165, 1.54) is 0 Å². The highest BCUT2D eigenvalue weighted by molar-refractivity contribution is 5.77. The van der Waals surface area contributed by atoms with E-state index >= 15 is 0 Å². The zero-order valence-corrected chi connectivity index (χ0v) is 17.4. The highest BCUT2D eigenvalue weighted by atomic mass is 16.5. The van der Waals surface area contributed by atoms with Gasteiger partial charge in [0.2, 0.25) is 11.8 Å². The number of aryl methyl sites for hydroxylation is 1. The lowest BCUT2D eigenvalue weighted by atomic mass is 9.97. The Morgan fingerprint density at radius 3 is 2.77 bits per heavy atom. The van der Waals surface area contributed by atoms with Crippen molar-refractivity contribution in [1.29, 1.82) is 0 Å². The molecule has 2 aromatic heterocycles.